The summed E-state index contributed by atoms with van der Waals surface area (Å²) in [6.07, 6.45) is 2.73. The van der Waals surface area contributed by atoms with Gasteiger partial charge in [-0.05, 0) is 44.9 Å². The van der Waals surface area contributed by atoms with Crippen molar-refractivity contribution < 1.29 is 5.11 Å². The van der Waals surface area contributed by atoms with Crippen molar-refractivity contribution in [2.45, 2.75) is 32.2 Å². The topological polar surface area (TPSA) is 70.4 Å². The second-order valence-corrected chi connectivity index (χ2v) is 7.49. The van der Waals surface area contributed by atoms with Gasteiger partial charge >= 0.3 is 0 Å². The van der Waals surface area contributed by atoms with Crippen LogP contribution in [0.25, 0.3) is 5.69 Å². The molecule has 1 aliphatic heterocycles. The Kier molecular flexibility index (Phi) is 6.76. The summed E-state index contributed by atoms with van der Waals surface area (Å²) in [4.78, 5) is 19.5. The molecule has 6 nitrogen and oxygen atoms in total. The quantitative estimate of drug-likeness (QED) is 0.716. The molecule has 0 saturated carbocycles. The van der Waals surface area contributed by atoms with Crippen molar-refractivity contribution in [2.24, 2.45) is 0 Å². The summed E-state index contributed by atoms with van der Waals surface area (Å²) >= 11 is 12.4. The lowest BCUT2D eigenvalue weighted by molar-refractivity contribution is 0.280. The first-order valence-corrected chi connectivity index (χ1v) is 9.91. The lowest BCUT2D eigenvalue weighted by atomic mass is 10.0. The molecule has 1 saturated heterocycles. The standard InChI is InChI=1S/C19H24Cl2N4O2/c1-13-23-17(24-9-6-14(7-10-24)22-8-3-11-26)12-18(27)25(13)16-5-2-4-15(20)19(16)21/h2,4-5,12,14,22,26H,3,6-11H2,1H3. The maximum absolute atomic E-state index is 12.8. The SMILES string of the molecule is Cc1nc(N2CCC(NCCCO)CC2)cc(=O)n1-c1cccc(Cl)c1Cl. The number of nitrogens with one attached hydrogen (secondary N) is 1. The molecule has 0 radical (unpaired) electrons. The van der Waals surface area contributed by atoms with Crippen LogP contribution in [0.5, 0.6) is 0 Å². The lowest BCUT2D eigenvalue weighted by Gasteiger charge is -2.33. The van der Waals surface area contributed by atoms with Gasteiger partial charge in [-0.1, -0.05) is 29.3 Å². The number of anilines is 1. The van der Waals surface area contributed by atoms with Crippen LogP contribution in [0.1, 0.15) is 25.1 Å². The van der Waals surface area contributed by atoms with Gasteiger partial charge in [-0.15, -0.1) is 0 Å². The van der Waals surface area contributed by atoms with Crippen molar-refractivity contribution >= 4 is 29.0 Å². The molecule has 2 N–H and O–H groups in total. The van der Waals surface area contributed by atoms with Gasteiger partial charge in [0.05, 0.1) is 15.7 Å². The van der Waals surface area contributed by atoms with E-state index < -0.39 is 0 Å². The number of aliphatic hydroxyl groups is 1. The zero-order valence-electron chi connectivity index (χ0n) is 15.3. The fourth-order valence-corrected chi connectivity index (χ4v) is 3.78. The molecule has 0 amide bonds. The smallest absolute Gasteiger partial charge is 0.260 e. The van der Waals surface area contributed by atoms with E-state index in [1.165, 1.54) is 4.57 Å². The van der Waals surface area contributed by atoms with E-state index >= 15 is 0 Å². The Hall–Kier alpha value is -1.60. The predicted molar refractivity (Wildman–Crippen MR) is 110 cm³/mol. The van der Waals surface area contributed by atoms with E-state index in [-0.39, 0.29) is 12.2 Å². The average Bonchev–Trinajstić information content (AvgIpc) is 2.65. The highest BCUT2D eigenvalue weighted by atomic mass is 35.5. The zero-order valence-corrected chi connectivity index (χ0v) is 16.8. The monoisotopic (exact) mass is 410 g/mol. The van der Waals surface area contributed by atoms with Crippen LogP contribution in [0.2, 0.25) is 10.0 Å². The maximum Gasteiger partial charge on any atom is 0.260 e. The third-order valence-electron chi connectivity index (χ3n) is 4.83. The van der Waals surface area contributed by atoms with Crippen molar-refractivity contribution in [3.05, 3.63) is 50.5 Å². The molecule has 2 aromatic rings. The van der Waals surface area contributed by atoms with Crippen molar-refractivity contribution in [2.75, 3.05) is 31.1 Å². The van der Waals surface area contributed by atoms with Crippen LogP contribution in [0.3, 0.4) is 0 Å². The number of hydrogen-bond acceptors (Lipinski definition) is 5. The Labute approximate surface area is 168 Å². The molecule has 1 aliphatic rings. The van der Waals surface area contributed by atoms with E-state index in [9.17, 15) is 4.79 Å². The van der Waals surface area contributed by atoms with Crippen molar-refractivity contribution in [1.82, 2.24) is 14.9 Å². The summed E-state index contributed by atoms with van der Waals surface area (Å²) < 4.78 is 1.49. The van der Waals surface area contributed by atoms with Crippen LogP contribution in [-0.4, -0.2) is 46.9 Å². The first-order valence-electron chi connectivity index (χ1n) is 9.15. The number of aromatic nitrogens is 2. The Morgan fingerprint density at radius 3 is 2.70 bits per heavy atom. The summed E-state index contributed by atoms with van der Waals surface area (Å²) in [7, 11) is 0. The van der Waals surface area contributed by atoms with E-state index in [1.807, 2.05) is 0 Å². The highest BCUT2D eigenvalue weighted by Crippen LogP contribution is 2.28. The molecule has 3 rings (SSSR count). The van der Waals surface area contributed by atoms with Crippen molar-refractivity contribution in [3.63, 3.8) is 0 Å². The second-order valence-electron chi connectivity index (χ2n) is 6.70. The molecule has 1 aromatic heterocycles. The lowest BCUT2D eigenvalue weighted by Crippen LogP contribution is -2.43. The van der Waals surface area contributed by atoms with E-state index in [4.69, 9.17) is 28.3 Å². The molecule has 1 aromatic carbocycles. The van der Waals surface area contributed by atoms with Crippen LogP contribution < -0.4 is 15.8 Å². The molecule has 2 heterocycles. The summed E-state index contributed by atoms with van der Waals surface area (Å²) in [5.74, 6) is 1.27. The summed E-state index contributed by atoms with van der Waals surface area (Å²) in [6, 6.07) is 7.21. The molecule has 8 heteroatoms. The van der Waals surface area contributed by atoms with Gasteiger partial charge in [0, 0.05) is 31.8 Å². The number of aryl methyl sites for hydroxylation is 1. The van der Waals surface area contributed by atoms with Crippen LogP contribution in [0.15, 0.2) is 29.1 Å². The molecular weight excluding hydrogens is 387 g/mol. The number of halogens is 2. The minimum Gasteiger partial charge on any atom is -0.396 e. The predicted octanol–water partition coefficient (Wildman–Crippen LogP) is 2.79. The second kappa shape index (κ2) is 9.06. The first kappa shape index (κ1) is 20.1. The molecule has 1 fully saturated rings. The number of benzene rings is 1. The minimum atomic E-state index is -0.176. The normalized spacial score (nSPS) is 15.3. The van der Waals surface area contributed by atoms with E-state index in [0.29, 0.717) is 33.4 Å². The molecule has 0 bridgehead atoms. The minimum absolute atomic E-state index is 0.176. The van der Waals surface area contributed by atoms with Crippen LogP contribution >= 0.6 is 23.2 Å². The fraction of sp³-hybridized carbons (Fsp3) is 0.474. The zero-order chi connectivity index (χ0) is 19.4. The molecule has 27 heavy (non-hydrogen) atoms. The van der Waals surface area contributed by atoms with Crippen LogP contribution in [-0.2, 0) is 0 Å². The summed E-state index contributed by atoms with van der Waals surface area (Å²) in [5.41, 5.74) is 0.363. The number of piperidine rings is 1. The Morgan fingerprint density at radius 1 is 1.30 bits per heavy atom. The summed E-state index contributed by atoms with van der Waals surface area (Å²) in [5, 5.41) is 13.1. The molecule has 146 valence electrons. The van der Waals surface area contributed by atoms with Crippen molar-refractivity contribution in [3.8, 4) is 5.69 Å². The van der Waals surface area contributed by atoms with Crippen LogP contribution in [0.4, 0.5) is 5.82 Å². The number of hydrogen-bond donors (Lipinski definition) is 2. The third kappa shape index (κ3) is 4.63. The van der Waals surface area contributed by atoms with Gasteiger partial charge in [-0.2, -0.15) is 0 Å². The number of aliphatic hydroxyl groups excluding tert-OH is 1. The van der Waals surface area contributed by atoms with Gasteiger partial charge in [0.25, 0.3) is 5.56 Å². The van der Waals surface area contributed by atoms with Crippen LogP contribution in [0, 0.1) is 6.92 Å². The Morgan fingerprint density at radius 2 is 2.04 bits per heavy atom. The van der Waals surface area contributed by atoms with E-state index in [0.717, 1.165) is 38.9 Å². The number of nitrogens with zero attached hydrogens (tertiary/aromatic N) is 3. The van der Waals surface area contributed by atoms with Gasteiger partial charge in [-0.25, -0.2) is 4.98 Å². The molecule has 0 atom stereocenters. The van der Waals surface area contributed by atoms with Gasteiger partial charge in [-0.3, -0.25) is 9.36 Å². The highest BCUT2D eigenvalue weighted by molar-refractivity contribution is 6.43. The fourth-order valence-electron chi connectivity index (χ4n) is 3.40. The molecule has 0 unspecified atom stereocenters. The van der Waals surface area contributed by atoms with Crippen molar-refractivity contribution in [1.29, 1.82) is 0 Å². The van der Waals surface area contributed by atoms with Gasteiger partial charge in [0.2, 0.25) is 0 Å². The highest BCUT2D eigenvalue weighted by Gasteiger charge is 2.21. The Balaban J connectivity index is 1.76. The molecule has 0 spiro atoms. The third-order valence-corrected chi connectivity index (χ3v) is 5.64. The largest absolute Gasteiger partial charge is 0.396 e. The summed E-state index contributed by atoms with van der Waals surface area (Å²) in [6.45, 7) is 4.51. The molecule has 0 aliphatic carbocycles. The van der Waals surface area contributed by atoms with E-state index in [2.05, 4.69) is 15.2 Å². The molecular formula is C19H24Cl2N4O2. The maximum atomic E-state index is 12.8. The Bertz CT molecular complexity index is 848. The first-order chi connectivity index (χ1) is 13.0. The average molecular weight is 411 g/mol. The van der Waals surface area contributed by atoms with Gasteiger partial charge in [0.1, 0.15) is 11.6 Å². The van der Waals surface area contributed by atoms with E-state index in [1.54, 1.807) is 31.2 Å². The number of rotatable bonds is 6. The van der Waals surface area contributed by atoms with Gasteiger partial charge in [0.15, 0.2) is 0 Å². The van der Waals surface area contributed by atoms with Gasteiger partial charge < -0.3 is 15.3 Å².